The molecule has 0 aromatic rings. The van der Waals surface area contributed by atoms with Gasteiger partial charge in [0.15, 0.2) is 0 Å². The standard InChI is InChI=1S/C19H35F2NO2/c1-11(2)17-18(12(3)4)22(9-16(20)21)14-10-23-8-7-15(14)24-19(17)13(5)6/h11-19H,7-10H2,1-6H3. The zero-order valence-corrected chi connectivity index (χ0v) is 16.0. The molecule has 0 aliphatic carbocycles. The predicted molar refractivity (Wildman–Crippen MR) is 92.4 cm³/mol. The van der Waals surface area contributed by atoms with Crippen LogP contribution < -0.4 is 0 Å². The van der Waals surface area contributed by atoms with Gasteiger partial charge in [-0.25, -0.2) is 8.78 Å². The van der Waals surface area contributed by atoms with Crippen molar-refractivity contribution in [3.8, 4) is 0 Å². The monoisotopic (exact) mass is 347 g/mol. The van der Waals surface area contributed by atoms with Gasteiger partial charge in [-0.3, -0.25) is 4.90 Å². The van der Waals surface area contributed by atoms with E-state index in [1.165, 1.54) is 0 Å². The Morgan fingerprint density at radius 2 is 1.67 bits per heavy atom. The van der Waals surface area contributed by atoms with Crippen molar-refractivity contribution in [3.63, 3.8) is 0 Å². The minimum atomic E-state index is -2.34. The zero-order chi connectivity index (χ0) is 18.0. The molecule has 0 radical (unpaired) electrons. The number of hydrogen-bond donors (Lipinski definition) is 0. The SMILES string of the molecule is CC(C)C1OC2CCOCC2N(CC(F)F)C(C(C)C)C1C(C)C. The lowest BCUT2D eigenvalue weighted by Gasteiger charge is -2.45. The summed E-state index contributed by atoms with van der Waals surface area (Å²) in [6.45, 7) is 14.0. The molecule has 5 atom stereocenters. The van der Waals surface area contributed by atoms with E-state index < -0.39 is 6.43 Å². The quantitative estimate of drug-likeness (QED) is 0.748. The molecule has 2 saturated heterocycles. The Bertz CT molecular complexity index is 390. The van der Waals surface area contributed by atoms with Gasteiger partial charge in [-0.1, -0.05) is 41.5 Å². The summed E-state index contributed by atoms with van der Waals surface area (Å²) in [6, 6.07) is 0.0215. The molecule has 2 rings (SSSR count). The van der Waals surface area contributed by atoms with Crippen molar-refractivity contribution in [3.05, 3.63) is 0 Å². The van der Waals surface area contributed by atoms with Crippen molar-refractivity contribution >= 4 is 0 Å². The van der Waals surface area contributed by atoms with Crippen LogP contribution >= 0.6 is 0 Å². The molecule has 5 unspecified atom stereocenters. The lowest BCUT2D eigenvalue weighted by atomic mass is 9.75. The minimum Gasteiger partial charge on any atom is -0.380 e. The molecule has 0 spiro atoms. The van der Waals surface area contributed by atoms with Gasteiger partial charge in [-0.05, 0) is 24.2 Å². The van der Waals surface area contributed by atoms with Crippen LogP contribution in [0.1, 0.15) is 48.0 Å². The van der Waals surface area contributed by atoms with Crippen LogP contribution in [-0.2, 0) is 9.47 Å². The largest absolute Gasteiger partial charge is 0.380 e. The molecule has 2 aliphatic heterocycles. The molecule has 142 valence electrons. The van der Waals surface area contributed by atoms with Crippen molar-refractivity contribution in [1.82, 2.24) is 4.90 Å². The maximum Gasteiger partial charge on any atom is 0.251 e. The molecule has 0 aromatic heterocycles. The Labute approximate surface area is 146 Å². The first-order valence-electron chi connectivity index (χ1n) is 9.51. The average Bonchev–Trinajstić information content (AvgIpc) is 2.62. The van der Waals surface area contributed by atoms with Gasteiger partial charge in [0.25, 0.3) is 6.43 Å². The zero-order valence-electron chi connectivity index (χ0n) is 16.0. The lowest BCUT2D eigenvalue weighted by Crippen LogP contribution is -2.57. The molecule has 2 heterocycles. The first kappa shape index (κ1) is 20.1. The molecule has 24 heavy (non-hydrogen) atoms. The third-order valence-electron chi connectivity index (χ3n) is 5.64. The molecule has 0 N–H and O–H groups in total. The van der Waals surface area contributed by atoms with Gasteiger partial charge in [0.05, 0.1) is 31.4 Å². The molecule has 0 bridgehead atoms. The van der Waals surface area contributed by atoms with Crippen LogP contribution in [0.25, 0.3) is 0 Å². The molecule has 3 nitrogen and oxygen atoms in total. The topological polar surface area (TPSA) is 21.7 Å². The number of fused-ring (bicyclic) bond motifs is 1. The predicted octanol–water partition coefficient (Wildman–Crippen LogP) is 4.06. The highest BCUT2D eigenvalue weighted by Gasteiger charge is 2.48. The van der Waals surface area contributed by atoms with Crippen LogP contribution in [0.15, 0.2) is 0 Å². The van der Waals surface area contributed by atoms with Crippen LogP contribution in [0, 0.1) is 23.7 Å². The van der Waals surface area contributed by atoms with Gasteiger partial charge in [0.1, 0.15) is 0 Å². The summed E-state index contributed by atoms with van der Waals surface area (Å²) < 4.78 is 39.1. The Kier molecular flexibility index (Phi) is 7.03. The molecule has 2 fully saturated rings. The maximum absolute atomic E-state index is 13.4. The third kappa shape index (κ3) is 4.28. The van der Waals surface area contributed by atoms with Crippen LogP contribution in [0.5, 0.6) is 0 Å². The molecular formula is C19H35F2NO2. The van der Waals surface area contributed by atoms with E-state index in [1.54, 1.807) is 0 Å². The Morgan fingerprint density at radius 3 is 2.17 bits per heavy atom. The summed E-state index contributed by atoms with van der Waals surface area (Å²) in [5.41, 5.74) is 0. The second-order valence-corrected chi connectivity index (χ2v) is 8.46. The molecular weight excluding hydrogens is 312 g/mol. The van der Waals surface area contributed by atoms with Crippen molar-refractivity contribution in [2.24, 2.45) is 23.7 Å². The van der Waals surface area contributed by atoms with E-state index in [-0.39, 0.29) is 36.8 Å². The molecule has 0 aromatic carbocycles. The summed E-state index contributed by atoms with van der Waals surface area (Å²) in [6.07, 6.45) is -1.44. The maximum atomic E-state index is 13.4. The Hall–Kier alpha value is -0.260. The van der Waals surface area contributed by atoms with Crippen molar-refractivity contribution in [2.45, 2.75) is 78.7 Å². The van der Waals surface area contributed by atoms with E-state index in [4.69, 9.17) is 9.47 Å². The third-order valence-corrected chi connectivity index (χ3v) is 5.64. The van der Waals surface area contributed by atoms with Gasteiger partial charge >= 0.3 is 0 Å². The lowest BCUT2D eigenvalue weighted by molar-refractivity contribution is -0.118. The summed E-state index contributed by atoms with van der Waals surface area (Å²) >= 11 is 0. The Morgan fingerprint density at radius 1 is 1.00 bits per heavy atom. The molecule has 0 amide bonds. The van der Waals surface area contributed by atoms with Gasteiger partial charge < -0.3 is 9.47 Å². The fraction of sp³-hybridized carbons (Fsp3) is 1.00. The van der Waals surface area contributed by atoms with E-state index in [0.29, 0.717) is 31.0 Å². The first-order chi connectivity index (χ1) is 11.2. The van der Waals surface area contributed by atoms with Crippen LogP contribution in [0.2, 0.25) is 0 Å². The number of alkyl halides is 2. The van der Waals surface area contributed by atoms with Crippen LogP contribution in [-0.4, -0.2) is 55.4 Å². The summed E-state index contributed by atoms with van der Waals surface area (Å²) in [5.74, 6) is 1.29. The number of nitrogens with zero attached hydrogens (tertiary/aromatic N) is 1. The van der Waals surface area contributed by atoms with Gasteiger partial charge in [0, 0.05) is 18.6 Å². The molecule has 0 saturated carbocycles. The fourth-order valence-corrected chi connectivity index (χ4v) is 4.72. The highest BCUT2D eigenvalue weighted by Crippen LogP contribution is 2.40. The van der Waals surface area contributed by atoms with Gasteiger partial charge in [-0.2, -0.15) is 0 Å². The van der Waals surface area contributed by atoms with Gasteiger partial charge in [-0.15, -0.1) is 0 Å². The van der Waals surface area contributed by atoms with E-state index in [9.17, 15) is 8.78 Å². The number of hydrogen-bond acceptors (Lipinski definition) is 3. The number of ether oxygens (including phenoxy) is 2. The van der Waals surface area contributed by atoms with E-state index in [0.717, 1.165) is 6.42 Å². The second kappa shape index (κ2) is 8.41. The first-order valence-corrected chi connectivity index (χ1v) is 9.51. The van der Waals surface area contributed by atoms with E-state index in [1.807, 2.05) is 4.90 Å². The van der Waals surface area contributed by atoms with Gasteiger partial charge in [0.2, 0.25) is 0 Å². The van der Waals surface area contributed by atoms with Crippen LogP contribution in [0.3, 0.4) is 0 Å². The normalized spacial score (nSPS) is 35.8. The molecule has 5 heteroatoms. The van der Waals surface area contributed by atoms with Crippen LogP contribution in [0.4, 0.5) is 8.78 Å². The highest BCUT2D eigenvalue weighted by atomic mass is 19.3. The van der Waals surface area contributed by atoms with Crippen molar-refractivity contribution < 1.29 is 18.3 Å². The summed E-state index contributed by atoms with van der Waals surface area (Å²) in [5, 5.41) is 0. The fourth-order valence-electron chi connectivity index (χ4n) is 4.72. The number of halogens is 2. The highest BCUT2D eigenvalue weighted by molar-refractivity contribution is 4.99. The number of rotatable bonds is 5. The smallest absolute Gasteiger partial charge is 0.251 e. The molecule has 2 aliphatic rings. The Balaban J connectivity index is 2.46. The minimum absolute atomic E-state index is 0.00472. The average molecular weight is 347 g/mol. The second-order valence-electron chi connectivity index (χ2n) is 8.46. The van der Waals surface area contributed by atoms with Crippen molar-refractivity contribution in [2.75, 3.05) is 19.8 Å². The summed E-state index contributed by atoms with van der Waals surface area (Å²) in [4.78, 5) is 2.03. The van der Waals surface area contributed by atoms with E-state index in [2.05, 4.69) is 41.5 Å². The summed E-state index contributed by atoms with van der Waals surface area (Å²) in [7, 11) is 0. The van der Waals surface area contributed by atoms with E-state index >= 15 is 0 Å². The van der Waals surface area contributed by atoms with Crippen molar-refractivity contribution in [1.29, 1.82) is 0 Å².